The Morgan fingerprint density at radius 2 is 2.20 bits per heavy atom. The highest BCUT2D eigenvalue weighted by molar-refractivity contribution is 6.12. The Morgan fingerprint density at radius 3 is 2.90 bits per heavy atom. The average Bonchev–Trinajstić information content (AvgIpc) is 2.92. The number of carbonyl (C=O) groups is 2. The molecule has 4 nitrogen and oxygen atoms in total. The molecule has 0 radical (unpaired) electrons. The fourth-order valence-corrected chi connectivity index (χ4v) is 2.42. The molecule has 0 amide bonds. The highest BCUT2D eigenvalue weighted by atomic mass is 16.5. The molecule has 20 heavy (non-hydrogen) atoms. The van der Waals surface area contributed by atoms with E-state index in [1.165, 1.54) is 6.08 Å². The molecule has 1 heterocycles. The summed E-state index contributed by atoms with van der Waals surface area (Å²) in [5.74, 6) is 0.268. The molecule has 1 unspecified atom stereocenters. The van der Waals surface area contributed by atoms with Crippen LogP contribution in [0.3, 0.4) is 0 Å². The number of aromatic nitrogens is 1. The zero-order chi connectivity index (χ0) is 14.1. The van der Waals surface area contributed by atoms with E-state index in [0.717, 1.165) is 10.9 Å². The Kier molecular flexibility index (Phi) is 3.06. The number of pyridine rings is 1. The van der Waals surface area contributed by atoms with Crippen molar-refractivity contribution in [3.63, 3.8) is 0 Å². The van der Waals surface area contributed by atoms with E-state index in [9.17, 15) is 9.59 Å². The second kappa shape index (κ2) is 4.89. The molecule has 0 bridgehead atoms. The van der Waals surface area contributed by atoms with E-state index < -0.39 is 0 Å². The van der Waals surface area contributed by atoms with Crippen LogP contribution in [0.1, 0.15) is 16.8 Å². The first-order chi connectivity index (χ1) is 9.69. The van der Waals surface area contributed by atoms with Crippen LogP contribution >= 0.6 is 0 Å². The molecule has 1 atom stereocenters. The van der Waals surface area contributed by atoms with Gasteiger partial charge in [-0.25, -0.2) is 0 Å². The van der Waals surface area contributed by atoms with Crippen LogP contribution in [0.15, 0.2) is 42.6 Å². The van der Waals surface area contributed by atoms with Gasteiger partial charge in [-0.1, -0.05) is 6.08 Å². The zero-order valence-corrected chi connectivity index (χ0v) is 11.0. The number of benzene rings is 1. The first kappa shape index (κ1) is 12.5. The maximum atomic E-state index is 12.5. The Labute approximate surface area is 116 Å². The van der Waals surface area contributed by atoms with Crippen molar-refractivity contribution in [1.82, 2.24) is 4.98 Å². The molecular weight excluding hydrogens is 254 g/mol. The molecule has 1 aliphatic carbocycles. The standard InChI is InChI=1S/C16H13NO3/c1-20-12-4-5-15-14(9-12)13(6-7-17-15)16(19)10-2-3-11(18)8-10/h2-7,9-10H,8H2,1H3. The predicted molar refractivity (Wildman–Crippen MR) is 74.9 cm³/mol. The summed E-state index contributed by atoms with van der Waals surface area (Å²) in [5, 5.41) is 0.754. The van der Waals surface area contributed by atoms with Crippen LogP contribution in [0.4, 0.5) is 0 Å². The van der Waals surface area contributed by atoms with E-state index in [-0.39, 0.29) is 23.9 Å². The number of carbonyl (C=O) groups excluding carboxylic acids is 2. The number of Topliss-reactive ketones (excluding diaryl/α,β-unsaturated/α-hetero) is 1. The van der Waals surface area contributed by atoms with Crippen molar-refractivity contribution in [2.75, 3.05) is 7.11 Å². The highest BCUT2D eigenvalue weighted by Gasteiger charge is 2.25. The van der Waals surface area contributed by atoms with Gasteiger partial charge in [-0.15, -0.1) is 0 Å². The number of hydrogen-bond acceptors (Lipinski definition) is 4. The smallest absolute Gasteiger partial charge is 0.170 e. The lowest BCUT2D eigenvalue weighted by Crippen LogP contribution is -2.12. The third kappa shape index (κ3) is 2.09. The Morgan fingerprint density at radius 1 is 1.35 bits per heavy atom. The first-order valence-corrected chi connectivity index (χ1v) is 6.37. The molecule has 0 saturated heterocycles. The number of ether oxygens (including phenoxy) is 1. The number of nitrogens with zero attached hydrogens (tertiary/aromatic N) is 1. The van der Waals surface area contributed by atoms with Gasteiger partial charge in [0.05, 0.1) is 12.6 Å². The van der Waals surface area contributed by atoms with E-state index in [4.69, 9.17) is 4.74 Å². The van der Waals surface area contributed by atoms with Gasteiger partial charge in [0, 0.05) is 29.5 Å². The summed E-state index contributed by atoms with van der Waals surface area (Å²) in [7, 11) is 1.58. The SMILES string of the molecule is COc1ccc2nccc(C(=O)C3C=CC(=O)C3)c2c1. The van der Waals surface area contributed by atoms with Crippen molar-refractivity contribution in [2.24, 2.45) is 5.92 Å². The van der Waals surface area contributed by atoms with Gasteiger partial charge in [-0.3, -0.25) is 14.6 Å². The Balaban J connectivity index is 2.08. The van der Waals surface area contributed by atoms with Gasteiger partial charge in [0.2, 0.25) is 0 Å². The van der Waals surface area contributed by atoms with Crippen LogP contribution in [0.25, 0.3) is 10.9 Å². The lowest BCUT2D eigenvalue weighted by molar-refractivity contribution is -0.114. The topological polar surface area (TPSA) is 56.3 Å². The van der Waals surface area contributed by atoms with E-state index in [1.807, 2.05) is 12.1 Å². The van der Waals surface area contributed by atoms with Crippen LogP contribution in [-0.2, 0) is 4.79 Å². The van der Waals surface area contributed by atoms with Crippen molar-refractivity contribution < 1.29 is 14.3 Å². The molecule has 2 aromatic rings. The summed E-state index contributed by atoms with van der Waals surface area (Å²) in [6.07, 6.45) is 5.03. The maximum Gasteiger partial charge on any atom is 0.170 e. The van der Waals surface area contributed by atoms with E-state index in [0.29, 0.717) is 11.3 Å². The van der Waals surface area contributed by atoms with E-state index >= 15 is 0 Å². The summed E-state index contributed by atoms with van der Waals surface area (Å²) >= 11 is 0. The van der Waals surface area contributed by atoms with Crippen molar-refractivity contribution in [3.8, 4) is 5.75 Å². The lowest BCUT2D eigenvalue weighted by Gasteiger charge is -2.10. The molecule has 0 fully saturated rings. The number of methoxy groups -OCH3 is 1. The normalized spacial score (nSPS) is 17.6. The van der Waals surface area contributed by atoms with Crippen molar-refractivity contribution in [1.29, 1.82) is 0 Å². The fraction of sp³-hybridized carbons (Fsp3) is 0.188. The minimum absolute atomic E-state index is 0.000655. The summed E-state index contributed by atoms with van der Waals surface area (Å²) < 4.78 is 5.19. The quantitative estimate of drug-likeness (QED) is 0.802. The monoisotopic (exact) mass is 267 g/mol. The minimum atomic E-state index is -0.362. The number of hydrogen-bond donors (Lipinski definition) is 0. The van der Waals surface area contributed by atoms with Crippen molar-refractivity contribution in [3.05, 3.63) is 48.2 Å². The molecule has 1 aromatic carbocycles. The second-order valence-corrected chi connectivity index (χ2v) is 4.74. The van der Waals surface area contributed by atoms with E-state index in [1.54, 1.807) is 31.5 Å². The van der Waals surface area contributed by atoms with Gasteiger partial charge in [0.15, 0.2) is 11.6 Å². The van der Waals surface area contributed by atoms with Crippen LogP contribution in [0.2, 0.25) is 0 Å². The van der Waals surface area contributed by atoms with Crippen LogP contribution in [0.5, 0.6) is 5.75 Å². The number of fused-ring (bicyclic) bond motifs is 1. The number of allylic oxidation sites excluding steroid dienone is 2. The third-order valence-corrected chi connectivity index (χ3v) is 3.49. The van der Waals surface area contributed by atoms with Gasteiger partial charge in [0.1, 0.15) is 5.75 Å². The Hall–Kier alpha value is -2.49. The molecule has 4 heteroatoms. The minimum Gasteiger partial charge on any atom is -0.497 e. The van der Waals surface area contributed by atoms with Crippen molar-refractivity contribution in [2.45, 2.75) is 6.42 Å². The summed E-state index contributed by atoms with van der Waals surface area (Å²) in [4.78, 5) is 28.1. The fourth-order valence-electron chi connectivity index (χ4n) is 2.42. The van der Waals surface area contributed by atoms with Crippen LogP contribution in [-0.4, -0.2) is 23.7 Å². The number of rotatable bonds is 3. The van der Waals surface area contributed by atoms with Gasteiger partial charge in [0.25, 0.3) is 0 Å². The third-order valence-electron chi connectivity index (χ3n) is 3.49. The van der Waals surface area contributed by atoms with Crippen molar-refractivity contribution >= 4 is 22.5 Å². The van der Waals surface area contributed by atoms with Crippen LogP contribution in [0, 0.1) is 5.92 Å². The molecule has 0 aliphatic heterocycles. The van der Waals surface area contributed by atoms with E-state index in [2.05, 4.69) is 4.98 Å². The maximum absolute atomic E-state index is 12.5. The summed E-state index contributed by atoms with van der Waals surface area (Å²) in [6.45, 7) is 0. The van der Waals surface area contributed by atoms with Gasteiger partial charge in [-0.05, 0) is 30.3 Å². The average molecular weight is 267 g/mol. The largest absolute Gasteiger partial charge is 0.497 e. The zero-order valence-electron chi connectivity index (χ0n) is 11.0. The molecule has 1 aromatic heterocycles. The van der Waals surface area contributed by atoms with Gasteiger partial charge >= 0.3 is 0 Å². The van der Waals surface area contributed by atoms with Gasteiger partial charge < -0.3 is 4.74 Å². The summed E-state index contributed by atoms with van der Waals surface area (Å²) in [6, 6.07) is 7.12. The summed E-state index contributed by atoms with van der Waals surface area (Å²) in [5.41, 5.74) is 1.32. The van der Waals surface area contributed by atoms with Gasteiger partial charge in [-0.2, -0.15) is 0 Å². The molecule has 100 valence electrons. The molecular formula is C16H13NO3. The molecule has 1 aliphatic rings. The Bertz CT molecular complexity index is 734. The predicted octanol–water partition coefficient (Wildman–Crippen LogP) is 2.57. The highest BCUT2D eigenvalue weighted by Crippen LogP contribution is 2.27. The first-order valence-electron chi connectivity index (χ1n) is 6.37. The second-order valence-electron chi connectivity index (χ2n) is 4.74. The van der Waals surface area contributed by atoms with Crippen LogP contribution < -0.4 is 4.74 Å². The number of ketones is 2. The molecule has 0 saturated carbocycles. The molecule has 0 N–H and O–H groups in total. The molecule has 3 rings (SSSR count). The molecule has 0 spiro atoms. The lowest BCUT2D eigenvalue weighted by atomic mass is 9.94.